The number of rotatable bonds is 8. The summed E-state index contributed by atoms with van der Waals surface area (Å²) in [6.45, 7) is 29.9. The van der Waals surface area contributed by atoms with Gasteiger partial charge in [0.2, 0.25) is 0 Å². The lowest BCUT2D eigenvalue weighted by Crippen LogP contribution is -2.57. The van der Waals surface area contributed by atoms with Crippen LogP contribution in [0.5, 0.6) is 0 Å². The summed E-state index contributed by atoms with van der Waals surface area (Å²) in [7, 11) is 18.8. The van der Waals surface area contributed by atoms with Crippen LogP contribution in [0.15, 0.2) is 18.2 Å². The van der Waals surface area contributed by atoms with Crippen LogP contribution in [-0.2, 0) is 12.6 Å². The smallest absolute Gasteiger partial charge is 0.311 e. The molecular formula is C64H121ClF3N11. The molecule has 11 nitrogen and oxygen atoms in total. The van der Waals surface area contributed by atoms with Gasteiger partial charge in [0, 0.05) is 133 Å². The molecule has 0 amide bonds. The molecule has 460 valence electrons. The first-order valence-corrected chi connectivity index (χ1v) is 32.5. The van der Waals surface area contributed by atoms with Crippen LogP contribution in [-0.4, -0.2) is 246 Å². The normalized spacial score (nSPS) is 31.0. The molecule has 79 heavy (non-hydrogen) atoms. The van der Waals surface area contributed by atoms with Gasteiger partial charge < -0.3 is 44.9 Å². The van der Waals surface area contributed by atoms with E-state index in [4.69, 9.17) is 11.6 Å². The number of nitrogens with one attached hydrogen (secondary N) is 2. The first-order valence-electron chi connectivity index (χ1n) is 32.1. The third kappa shape index (κ3) is 23.3. The first-order chi connectivity index (χ1) is 37.4. The summed E-state index contributed by atoms with van der Waals surface area (Å²) in [5, 5.41) is 7.90. The van der Waals surface area contributed by atoms with E-state index in [1.54, 1.807) is 12.1 Å². The van der Waals surface area contributed by atoms with Crippen LogP contribution in [0.1, 0.15) is 155 Å². The molecule has 0 aromatic heterocycles. The zero-order valence-corrected chi connectivity index (χ0v) is 53.9. The van der Waals surface area contributed by atoms with E-state index >= 15 is 0 Å². The molecule has 0 unspecified atom stereocenters. The standard InChI is InChI=1S/C64H121ClF3N11/c1-15-50(2)61-47-73(9)38-37-71(7)39-40-75(11)58(41-53-23-18-16-19-24-53)45-72(8)36-33-69-56(30-28-54-29-31-59(60(65)42-54)64(66,67)68)44-79-34-22-27-57(79)46-78(14)63(5,6)49-77(13)62(55-25-20-17-21-26-55)48-76(12)51(3)32-35-74(10)52(4)43-70-61/h29,31,42,50-53,55-58,61-62,69-70H,15-28,30,32-41,43-49H2,1-14H3/t50-,51+,52-,56-,57-,58-,61+,62+/m0/s1. The number of fused-ring (bicyclic) bond motifs is 1. The van der Waals surface area contributed by atoms with Gasteiger partial charge >= 0.3 is 6.18 Å². The van der Waals surface area contributed by atoms with Crippen molar-refractivity contribution in [3.8, 4) is 0 Å². The van der Waals surface area contributed by atoms with Gasteiger partial charge in [-0.15, -0.1) is 0 Å². The van der Waals surface area contributed by atoms with Crippen molar-refractivity contribution in [1.82, 2.24) is 54.7 Å². The highest BCUT2D eigenvalue weighted by Gasteiger charge is 2.37. The second-order valence-corrected chi connectivity index (χ2v) is 27.8. The van der Waals surface area contributed by atoms with E-state index in [0.29, 0.717) is 48.6 Å². The van der Waals surface area contributed by atoms with Crippen LogP contribution in [0.25, 0.3) is 0 Å². The predicted molar refractivity (Wildman–Crippen MR) is 331 cm³/mol. The molecule has 4 fully saturated rings. The maximum Gasteiger partial charge on any atom is 0.417 e. The van der Waals surface area contributed by atoms with Gasteiger partial charge in [0.25, 0.3) is 0 Å². The molecule has 2 N–H and O–H groups in total. The van der Waals surface area contributed by atoms with Crippen LogP contribution in [0.4, 0.5) is 13.2 Å². The fraction of sp³-hybridized carbons (Fsp3) is 0.906. The Hall–Kier alpha value is -1.14. The van der Waals surface area contributed by atoms with Crippen molar-refractivity contribution >= 4 is 11.6 Å². The number of aryl methyl sites for hydroxylation is 1. The SMILES string of the molecule is CC[C@H](C)[C@H]1CN(C)CCN(C)CCN(C)[C@@H](CC2CCCCC2)CN(C)CCN[C@@H](CCc2ccc(C(F)(F)F)c(Cl)c2)CN2CCC[C@H]2CN(C)C(C)(C)CN(C)[C@@H](C2CCCCC2)CN(C)[C@H](C)CCN(C)[C@@H](C)CN1. The van der Waals surface area contributed by atoms with E-state index in [2.05, 4.69) is 153 Å². The van der Waals surface area contributed by atoms with Crippen LogP contribution >= 0.6 is 11.6 Å². The van der Waals surface area contributed by atoms with Gasteiger partial charge in [-0.05, 0) is 184 Å². The lowest BCUT2D eigenvalue weighted by molar-refractivity contribution is -0.137. The summed E-state index contributed by atoms with van der Waals surface area (Å²) >= 11 is 6.29. The van der Waals surface area contributed by atoms with Crippen LogP contribution < -0.4 is 10.6 Å². The molecule has 2 heterocycles. The quantitative estimate of drug-likeness (QED) is 0.262. The van der Waals surface area contributed by atoms with Gasteiger partial charge in [-0.25, -0.2) is 0 Å². The Balaban J connectivity index is 1.36. The van der Waals surface area contributed by atoms with Crippen molar-refractivity contribution in [1.29, 1.82) is 0 Å². The van der Waals surface area contributed by atoms with Gasteiger partial charge in [0.15, 0.2) is 0 Å². The molecule has 4 aliphatic rings. The minimum atomic E-state index is -4.46. The Kier molecular flexibility index (Phi) is 29.6. The van der Waals surface area contributed by atoms with E-state index in [1.807, 2.05) is 0 Å². The van der Waals surface area contributed by atoms with Crippen molar-refractivity contribution in [3.63, 3.8) is 0 Å². The van der Waals surface area contributed by atoms with E-state index in [-0.39, 0.29) is 16.6 Å². The van der Waals surface area contributed by atoms with Gasteiger partial charge in [-0.2, -0.15) is 13.2 Å². The number of halogens is 4. The summed E-state index contributed by atoms with van der Waals surface area (Å²) in [6, 6.07) is 7.37. The molecule has 2 saturated carbocycles. The van der Waals surface area contributed by atoms with E-state index in [9.17, 15) is 13.2 Å². The Morgan fingerprint density at radius 2 is 1.32 bits per heavy atom. The maximum atomic E-state index is 13.7. The summed E-state index contributed by atoms with van der Waals surface area (Å²) < 4.78 is 41.2. The van der Waals surface area contributed by atoms with Gasteiger partial charge in [0.05, 0.1) is 10.6 Å². The summed E-state index contributed by atoms with van der Waals surface area (Å²) in [6.07, 6.45) is 16.5. The fourth-order valence-electron chi connectivity index (χ4n) is 13.8. The third-order valence-corrected chi connectivity index (χ3v) is 20.8. The predicted octanol–water partition coefficient (Wildman–Crippen LogP) is 10.4. The second kappa shape index (κ2) is 34.1. The minimum Gasteiger partial charge on any atom is -0.311 e. The number of benzene rings is 1. The topological polar surface area (TPSA) is 53.2 Å². The zero-order chi connectivity index (χ0) is 57.9. The molecule has 1 aromatic carbocycles. The molecule has 0 bridgehead atoms. The summed E-state index contributed by atoms with van der Waals surface area (Å²) in [4.78, 5) is 23.7. The average molecular weight is 1140 g/mol. The highest BCUT2D eigenvalue weighted by Crippen LogP contribution is 2.36. The number of hydrogen-bond donors (Lipinski definition) is 2. The van der Waals surface area contributed by atoms with Crippen molar-refractivity contribution in [2.75, 3.05) is 155 Å². The second-order valence-electron chi connectivity index (χ2n) is 27.4. The van der Waals surface area contributed by atoms with Crippen molar-refractivity contribution in [3.05, 3.63) is 34.3 Å². The highest BCUT2D eigenvalue weighted by molar-refractivity contribution is 6.31. The molecule has 2 aliphatic carbocycles. The molecule has 8 atom stereocenters. The number of likely N-dealkylation sites (N-methyl/N-ethyl adjacent to an activating group) is 8. The Morgan fingerprint density at radius 3 is 1.99 bits per heavy atom. The van der Waals surface area contributed by atoms with Crippen LogP contribution in [0.3, 0.4) is 0 Å². The largest absolute Gasteiger partial charge is 0.417 e. The van der Waals surface area contributed by atoms with Gasteiger partial charge in [0.1, 0.15) is 0 Å². The van der Waals surface area contributed by atoms with Crippen LogP contribution in [0, 0.1) is 17.8 Å². The van der Waals surface area contributed by atoms with E-state index in [1.165, 1.54) is 89.9 Å². The van der Waals surface area contributed by atoms with Crippen molar-refractivity contribution in [2.45, 2.75) is 205 Å². The molecule has 0 spiro atoms. The Labute approximate surface area is 488 Å². The zero-order valence-electron chi connectivity index (χ0n) is 53.2. The Morgan fingerprint density at radius 1 is 0.658 bits per heavy atom. The van der Waals surface area contributed by atoms with Crippen molar-refractivity contribution in [2.24, 2.45) is 17.8 Å². The molecule has 0 radical (unpaired) electrons. The minimum absolute atomic E-state index is 0.0315. The van der Waals surface area contributed by atoms with Crippen molar-refractivity contribution < 1.29 is 13.2 Å². The molecule has 2 aliphatic heterocycles. The number of alkyl halides is 3. The maximum absolute atomic E-state index is 13.7. The summed E-state index contributed by atoms with van der Waals surface area (Å²) in [5.41, 5.74) is 0.0698. The van der Waals surface area contributed by atoms with Crippen LogP contribution in [0.2, 0.25) is 5.02 Å². The van der Waals surface area contributed by atoms with E-state index in [0.717, 1.165) is 134 Å². The average Bonchev–Trinajstić information content (AvgIpc) is 3.87. The lowest BCUT2D eigenvalue weighted by atomic mass is 9.82. The molecule has 5 rings (SSSR count). The molecule has 15 heteroatoms. The molecular weight excluding hydrogens is 1020 g/mol. The third-order valence-electron chi connectivity index (χ3n) is 20.5. The fourth-order valence-corrected chi connectivity index (χ4v) is 14.1. The lowest BCUT2D eigenvalue weighted by Gasteiger charge is -2.46. The number of nitrogens with zero attached hydrogens (tertiary/aromatic N) is 9. The molecule has 2 saturated heterocycles. The highest BCUT2D eigenvalue weighted by atomic mass is 35.5. The summed E-state index contributed by atoms with van der Waals surface area (Å²) in [5.74, 6) is 2.12. The monoisotopic (exact) mass is 1140 g/mol. The number of hydrogen-bond acceptors (Lipinski definition) is 11. The Bertz CT molecular complexity index is 1820. The van der Waals surface area contributed by atoms with E-state index < -0.39 is 11.7 Å². The first kappa shape index (κ1) is 68.6. The van der Waals surface area contributed by atoms with Gasteiger partial charge in [-0.3, -0.25) is 9.80 Å². The van der Waals surface area contributed by atoms with Gasteiger partial charge in [-0.1, -0.05) is 89.3 Å². The molecule has 1 aromatic rings.